The van der Waals surface area contributed by atoms with Crippen LogP contribution in [-0.4, -0.2) is 18.0 Å². The van der Waals surface area contributed by atoms with Crippen LogP contribution in [0.3, 0.4) is 0 Å². The molecule has 4 nitrogen and oxygen atoms in total. The molecule has 34 heavy (non-hydrogen) atoms. The highest BCUT2D eigenvalue weighted by Gasteiger charge is 2.33. The SMILES string of the molecule is O=S1(=O)c2ccccc2-n2c(-c3ccc(-c4ccc5ccccc5c4)cc3)nc3cccc1c32. The molecule has 2 heterocycles. The third-order valence-electron chi connectivity index (χ3n) is 6.55. The minimum Gasteiger partial charge on any atom is -0.290 e. The van der Waals surface area contributed by atoms with E-state index in [4.69, 9.17) is 4.98 Å². The van der Waals surface area contributed by atoms with Gasteiger partial charge in [-0.15, -0.1) is 0 Å². The molecular weight excluding hydrogens is 440 g/mol. The minimum atomic E-state index is -3.60. The van der Waals surface area contributed by atoms with Crippen molar-refractivity contribution in [1.29, 1.82) is 0 Å². The summed E-state index contributed by atoms with van der Waals surface area (Å²) >= 11 is 0. The number of aromatic nitrogens is 2. The lowest BCUT2D eigenvalue weighted by atomic mass is 10.00. The lowest BCUT2D eigenvalue weighted by molar-refractivity contribution is 0.594. The first kappa shape index (κ1) is 19.3. The molecule has 0 saturated carbocycles. The average molecular weight is 459 g/mol. The molecule has 0 aliphatic carbocycles. The Labute approximate surface area is 196 Å². The second-order valence-electron chi connectivity index (χ2n) is 8.51. The number of sulfone groups is 1. The normalized spacial score (nSPS) is 13.8. The van der Waals surface area contributed by atoms with E-state index in [0.717, 1.165) is 22.5 Å². The van der Waals surface area contributed by atoms with Crippen molar-refractivity contribution >= 4 is 31.6 Å². The molecule has 0 fully saturated rings. The molecule has 0 N–H and O–H groups in total. The summed E-state index contributed by atoms with van der Waals surface area (Å²) in [5.41, 5.74) is 5.14. The Morgan fingerprint density at radius 3 is 2.12 bits per heavy atom. The molecule has 1 aliphatic rings. The van der Waals surface area contributed by atoms with E-state index in [-0.39, 0.29) is 0 Å². The van der Waals surface area contributed by atoms with Gasteiger partial charge in [-0.2, -0.15) is 0 Å². The van der Waals surface area contributed by atoms with Crippen LogP contribution in [-0.2, 0) is 9.84 Å². The van der Waals surface area contributed by atoms with E-state index < -0.39 is 9.84 Å². The van der Waals surface area contributed by atoms with E-state index in [1.807, 2.05) is 28.8 Å². The summed E-state index contributed by atoms with van der Waals surface area (Å²) in [5, 5.41) is 2.42. The van der Waals surface area contributed by atoms with Crippen LogP contribution in [0.5, 0.6) is 0 Å². The minimum absolute atomic E-state index is 0.301. The maximum Gasteiger partial charge on any atom is 0.210 e. The van der Waals surface area contributed by atoms with E-state index in [0.29, 0.717) is 26.5 Å². The van der Waals surface area contributed by atoms with Gasteiger partial charge >= 0.3 is 0 Å². The summed E-state index contributed by atoms with van der Waals surface area (Å²) in [5.74, 6) is 0.731. The molecular formula is C29H18N2O2S. The van der Waals surface area contributed by atoms with Crippen molar-refractivity contribution in [2.75, 3.05) is 0 Å². The fourth-order valence-corrected chi connectivity index (χ4v) is 6.55. The fraction of sp³-hybridized carbons (Fsp3) is 0. The van der Waals surface area contributed by atoms with Gasteiger partial charge < -0.3 is 0 Å². The molecule has 0 radical (unpaired) electrons. The van der Waals surface area contributed by atoms with Gasteiger partial charge in [-0.05, 0) is 52.2 Å². The fourth-order valence-electron chi connectivity index (χ4n) is 4.91. The molecule has 5 aromatic carbocycles. The Morgan fingerprint density at radius 1 is 0.588 bits per heavy atom. The van der Waals surface area contributed by atoms with Gasteiger partial charge in [0.05, 0.1) is 26.5 Å². The number of imidazole rings is 1. The summed E-state index contributed by atoms with van der Waals surface area (Å²) < 4.78 is 28.5. The monoisotopic (exact) mass is 458 g/mol. The topological polar surface area (TPSA) is 52.0 Å². The first-order chi connectivity index (χ1) is 16.6. The molecule has 0 bridgehead atoms. The van der Waals surface area contributed by atoms with E-state index in [1.165, 1.54) is 10.8 Å². The third kappa shape index (κ3) is 2.65. The van der Waals surface area contributed by atoms with Crippen molar-refractivity contribution in [1.82, 2.24) is 9.55 Å². The highest BCUT2D eigenvalue weighted by atomic mass is 32.2. The second-order valence-corrected chi connectivity index (χ2v) is 10.4. The van der Waals surface area contributed by atoms with Crippen LogP contribution in [0.15, 0.2) is 119 Å². The lowest BCUT2D eigenvalue weighted by Gasteiger charge is -2.20. The zero-order valence-electron chi connectivity index (χ0n) is 18.0. The molecule has 6 aromatic rings. The molecule has 162 valence electrons. The van der Waals surface area contributed by atoms with Crippen LogP contribution in [0.25, 0.3) is 50.0 Å². The molecule has 7 rings (SSSR count). The van der Waals surface area contributed by atoms with Crippen molar-refractivity contribution < 1.29 is 8.42 Å². The first-order valence-corrected chi connectivity index (χ1v) is 12.6. The zero-order chi connectivity index (χ0) is 22.9. The second kappa shape index (κ2) is 6.89. The standard InChI is InChI=1S/C29H18N2O2S/c32-34(33)26-10-4-3-9-25(26)31-28-24(8-5-11-27(28)34)30-29(31)21-15-12-20(13-16-21)23-17-14-19-6-1-2-7-22(19)18-23/h1-18H. The van der Waals surface area contributed by atoms with Crippen LogP contribution < -0.4 is 0 Å². The van der Waals surface area contributed by atoms with Crippen molar-refractivity contribution in [3.63, 3.8) is 0 Å². The van der Waals surface area contributed by atoms with Crippen molar-refractivity contribution in [3.8, 4) is 28.2 Å². The Morgan fingerprint density at radius 2 is 1.26 bits per heavy atom. The van der Waals surface area contributed by atoms with Crippen molar-refractivity contribution in [2.45, 2.75) is 9.79 Å². The van der Waals surface area contributed by atoms with Gasteiger partial charge in [-0.1, -0.05) is 78.9 Å². The number of hydrogen-bond donors (Lipinski definition) is 0. The first-order valence-electron chi connectivity index (χ1n) is 11.1. The van der Waals surface area contributed by atoms with Crippen molar-refractivity contribution in [3.05, 3.63) is 109 Å². The quantitative estimate of drug-likeness (QED) is 0.291. The Balaban J connectivity index is 1.42. The largest absolute Gasteiger partial charge is 0.290 e. The summed E-state index contributed by atoms with van der Waals surface area (Å²) in [7, 11) is -3.60. The van der Waals surface area contributed by atoms with Crippen LogP contribution >= 0.6 is 0 Å². The van der Waals surface area contributed by atoms with Gasteiger partial charge in [0.2, 0.25) is 9.84 Å². The predicted octanol–water partition coefficient (Wildman–Crippen LogP) is 6.66. The van der Waals surface area contributed by atoms with Gasteiger partial charge in [-0.3, -0.25) is 4.57 Å². The molecule has 0 unspecified atom stereocenters. The number of benzene rings is 5. The molecule has 1 aliphatic heterocycles. The Kier molecular flexibility index (Phi) is 3.90. The van der Waals surface area contributed by atoms with Crippen molar-refractivity contribution in [2.24, 2.45) is 0 Å². The molecule has 0 spiro atoms. The summed E-state index contributed by atoms with van der Waals surface area (Å²) in [6.45, 7) is 0. The molecule has 5 heteroatoms. The number of rotatable bonds is 2. The predicted molar refractivity (Wildman–Crippen MR) is 135 cm³/mol. The highest BCUT2D eigenvalue weighted by molar-refractivity contribution is 7.92. The van der Waals surface area contributed by atoms with Gasteiger partial charge in [0, 0.05) is 5.56 Å². The Bertz CT molecular complexity index is 1870. The third-order valence-corrected chi connectivity index (χ3v) is 8.38. The van der Waals surface area contributed by atoms with Crippen LogP contribution in [0.1, 0.15) is 0 Å². The maximum absolute atomic E-state index is 13.3. The van der Waals surface area contributed by atoms with E-state index in [1.54, 1.807) is 24.3 Å². The van der Waals surface area contributed by atoms with Gasteiger partial charge in [-0.25, -0.2) is 13.4 Å². The summed E-state index contributed by atoms with van der Waals surface area (Å²) in [4.78, 5) is 5.47. The Hall–Kier alpha value is -4.22. The zero-order valence-corrected chi connectivity index (χ0v) is 18.8. The van der Waals surface area contributed by atoms with Crippen LogP contribution in [0, 0.1) is 0 Å². The lowest BCUT2D eigenvalue weighted by Crippen LogP contribution is -2.14. The molecule has 0 amide bonds. The average Bonchev–Trinajstić information content (AvgIpc) is 3.28. The number of fused-ring (bicyclic) bond motifs is 3. The highest BCUT2D eigenvalue weighted by Crippen LogP contribution is 2.41. The molecule has 0 atom stereocenters. The van der Waals surface area contributed by atoms with E-state index in [9.17, 15) is 8.42 Å². The number of hydrogen-bond acceptors (Lipinski definition) is 3. The van der Waals surface area contributed by atoms with E-state index in [2.05, 4.69) is 60.7 Å². The summed E-state index contributed by atoms with van der Waals surface area (Å²) in [6.07, 6.45) is 0. The van der Waals surface area contributed by atoms with Gasteiger partial charge in [0.15, 0.2) is 0 Å². The van der Waals surface area contributed by atoms with Gasteiger partial charge in [0.25, 0.3) is 0 Å². The smallest absolute Gasteiger partial charge is 0.210 e. The van der Waals surface area contributed by atoms with Crippen LogP contribution in [0.4, 0.5) is 0 Å². The maximum atomic E-state index is 13.3. The molecule has 1 aromatic heterocycles. The van der Waals surface area contributed by atoms with Gasteiger partial charge in [0.1, 0.15) is 5.82 Å². The van der Waals surface area contributed by atoms with E-state index >= 15 is 0 Å². The number of para-hydroxylation sites is 2. The molecule has 0 saturated heterocycles. The van der Waals surface area contributed by atoms with Crippen LogP contribution in [0.2, 0.25) is 0 Å². The summed E-state index contributed by atoms with van der Waals surface area (Å²) in [6, 6.07) is 35.5. The number of nitrogens with zero attached hydrogens (tertiary/aromatic N) is 2.